The molecule has 0 fully saturated rings. The third-order valence-electron chi connectivity index (χ3n) is 3.34. The quantitative estimate of drug-likeness (QED) is 0.291. The lowest BCUT2D eigenvalue weighted by Gasteiger charge is -2.33. The maximum atomic E-state index is 13.2. The minimum atomic E-state index is -7.01. The number of quaternary nitrogens is 1. The van der Waals surface area contributed by atoms with E-state index in [0.29, 0.717) is 0 Å². The van der Waals surface area contributed by atoms with Gasteiger partial charge in [-0.15, -0.1) is 0 Å². The fourth-order valence-corrected chi connectivity index (χ4v) is 2.37. The second kappa shape index (κ2) is 11.4. The van der Waals surface area contributed by atoms with Gasteiger partial charge in [-0.3, -0.25) is 0 Å². The number of hydrogen-bond acceptors (Lipinski definition) is 3. The lowest BCUT2D eigenvalue weighted by molar-refractivity contribution is -0.597. The zero-order chi connectivity index (χ0) is 22.9. The molecule has 0 bridgehead atoms. The first-order valence-corrected chi connectivity index (χ1v) is 9.68. The van der Waals surface area contributed by atoms with Crippen LogP contribution in [0.15, 0.2) is 0 Å². The Labute approximate surface area is 157 Å². The fourth-order valence-electron chi connectivity index (χ4n) is 1.91. The van der Waals surface area contributed by atoms with Crippen molar-refractivity contribution in [3.63, 3.8) is 0 Å². The Balaban J connectivity index is 0. The van der Waals surface area contributed by atoms with Gasteiger partial charge in [0.1, 0.15) is 0 Å². The van der Waals surface area contributed by atoms with Gasteiger partial charge in [0, 0.05) is 12.8 Å². The largest absolute Gasteiger partial charge is 0.743 e. The molecule has 0 amide bonds. The molecule has 0 radical (unpaired) electrons. The smallest absolute Gasteiger partial charge is 0.402 e. The molecule has 0 spiro atoms. The average Bonchev–Trinajstić information content (AvgIpc) is 2.48. The van der Waals surface area contributed by atoms with E-state index in [4.69, 9.17) is 0 Å². The van der Waals surface area contributed by atoms with Gasteiger partial charge in [0.25, 0.3) is 0 Å². The molecular formula is C14H24F9NO3S. The minimum Gasteiger partial charge on any atom is -0.743 e. The highest BCUT2D eigenvalue weighted by Gasteiger charge is 2.74. The lowest BCUT2D eigenvalue weighted by Crippen LogP contribution is -2.74. The Bertz CT molecular complexity index is 537. The molecule has 0 aliphatic carbocycles. The molecule has 0 saturated carbocycles. The second-order valence-electron chi connectivity index (χ2n) is 6.06. The predicted molar refractivity (Wildman–Crippen MR) is 81.3 cm³/mol. The molecule has 0 saturated heterocycles. The standard InChI is InChI=1S/C12H17F9O3S.C2H7N/c13-9(14,11(18,19)12(20,21)25(22,23)24)7-5-3-1-2-4-6-8-10(15,16)17;1-3-2/h1-8H2,(H,22,23,24);3H,1-2H3. The molecule has 0 aromatic rings. The van der Waals surface area contributed by atoms with E-state index in [1.807, 2.05) is 19.4 Å². The Morgan fingerprint density at radius 1 is 0.714 bits per heavy atom. The van der Waals surface area contributed by atoms with Gasteiger partial charge < -0.3 is 9.87 Å². The Morgan fingerprint density at radius 2 is 1.04 bits per heavy atom. The topological polar surface area (TPSA) is 73.8 Å². The SMILES string of the molecule is C[NH2+]C.O=S(=O)([O-])C(F)(F)C(F)(F)C(F)(F)CCCCCCCCC(F)(F)F. The summed E-state index contributed by atoms with van der Waals surface area (Å²) < 4.78 is 144. The maximum absolute atomic E-state index is 13.2. The maximum Gasteiger partial charge on any atom is 0.402 e. The van der Waals surface area contributed by atoms with Crippen LogP contribution in [0.5, 0.6) is 0 Å². The Morgan fingerprint density at radius 3 is 1.36 bits per heavy atom. The van der Waals surface area contributed by atoms with Gasteiger partial charge in [0.15, 0.2) is 10.1 Å². The zero-order valence-corrected chi connectivity index (χ0v) is 16.1. The van der Waals surface area contributed by atoms with E-state index in [-0.39, 0.29) is 32.1 Å². The highest BCUT2D eigenvalue weighted by atomic mass is 32.2. The van der Waals surface area contributed by atoms with Crippen LogP contribution in [-0.4, -0.2) is 50.3 Å². The average molecular weight is 457 g/mol. The summed E-state index contributed by atoms with van der Waals surface area (Å²) in [5.74, 6) is -11.8. The number of alkyl halides is 9. The van der Waals surface area contributed by atoms with E-state index >= 15 is 0 Å². The van der Waals surface area contributed by atoms with Gasteiger partial charge in [0.2, 0.25) is 0 Å². The molecule has 172 valence electrons. The third kappa shape index (κ3) is 9.63. The van der Waals surface area contributed by atoms with Crippen LogP contribution < -0.4 is 5.32 Å². The summed E-state index contributed by atoms with van der Waals surface area (Å²) in [5.41, 5.74) is 0. The predicted octanol–water partition coefficient (Wildman–Crippen LogP) is 3.89. The fraction of sp³-hybridized carbons (Fsp3) is 1.00. The summed E-state index contributed by atoms with van der Waals surface area (Å²) in [7, 11) is -3.01. The summed E-state index contributed by atoms with van der Waals surface area (Å²) in [5, 5.41) is -4.47. The first kappa shape index (κ1) is 29.4. The monoisotopic (exact) mass is 457 g/mol. The van der Waals surface area contributed by atoms with Gasteiger partial charge in [-0.05, 0) is 12.8 Å². The van der Waals surface area contributed by atoms with Crippen LogP contribution in [0.2, 0.25) is 0 Å². The van der Waals surface area contributed by atoms with Crippen LogP contribution in [0.1, 0.15) is 51.4 Å². The number of unbranched alkanes of at least 4 members (excludes halogenated alkanes) is 5. The molecule has 0 atom stereocenters. The van der Waals surface area contributed by atoms with Crippen molar-refractivity contribution in [2.45, 2.75) is 74.6 Å². The van der Waals surface area contributed by atoms with Crippen LogP contribution in [0.3, 0.4) is 0 Å². The highest BCUT2D eigenvalue weighted by molar-refractivity contribution is 7.86. The van der Waals surface area contributed by atoms with Crippen LogP contribution in [0, 0.1) is 0 Å². The van der Waals surface area contributed by atoms with Gasteiger partial charge in [-0.25, -0.2) is 8.42 Å². The normalized spacial score (nSPS) is 13.9. The summed E-state index contributed by atoms with van der Waals surface area (Å²) in [6, 6.07) is 0. The Hall–Kier alpha value is -0.760. The van der Waals surface area contributed by atoms with Crippen LogP contribution in [0.4, 0.5) is 39.5 Å². The number of halogens is 9. The van der Waals surface area contributed by atoms with Crippen molar-refractivity contribution >= 4 is 10.1 Å². The van der Waals surface area contributed by atoms with Gasteiger partial charge >= 0.3 is 23.3 Å². The van der Waals surface area contributed by atoms with Gasteiger partial charge in [0.05, 0.1) is 14.1 Å². The summed E-state index contributed by atoms with van der Waals surface area (Å²) in [6.07, 6.45) is -7.75. The minimum absolute atomic E-state index is 0.107. The number of nitrogens with two attached hydrogens (primary N) is 1. The lowest BCUT2D eigenvalue weighted by atomic mass is 10.0. The van der Waals surface area contributed by atoms with Gasteiger partial charge in [-0.2, -0.15) is 39.5 Å². The molecule has 0 aliphatic rings. The molecular weight excluding hydrogens is 433 g/mol. The van der Waals surface area contributed by atoms with Crippen LogP contribution >= 0.6 is 0 Å². The molecule has 14 heteroatoms. The van der Waals surface area contributed by atoms with Crippen LogP contribution in [0.25, 0.3) is 0 Å². The first-order valence-electron chi connectivity index (χ1n) is 8.27. The van der Waals surface area contributed by atoms with Gasteiger partial charge in [-0.1, -0.05) is 25.7 Å². The van der Waals surface area contributed by atoms with E-state index in [0.717, 1.165) is 0 Å². The first-order chi connectivity index (χ1) is 12.4. The zero-order valence-electron chi connectivity index (χ0n) is 15.3. The number of rotatable bonds is 11. The number of hydrogen-bond donors (Lipinski definition) is 1. The van der Waals surface area contributed by atoms with Crippen molar-refractivity contribution in [2.24, 2.45) is 0 Å². The van der Waals surface area contributed by atoms with Crippen molar-refractivity contribution in [2.75, 3.05) is 14.1 Å². The Kier molecular flexibility index (Phi) is 12.0. The summed E-state index contributed by atoms with van der Waals surface area (Å²) in [6.45, 7) is 0. The van der Waals surface area contributed by atoms with E-state index in [1.54, 1.807) is 0 Å². The van der Waals surface area contributed by atoms with Crippen molar-refractivity contribution in [3.8, 4) is 0 Å². The molecule has 28 heavy (non-hydrogen) atoms. The van der Waals surface area contributed by atoms with Crippen molar-refractivity contribution in [1.82, 2.24) is 0 Å². The molecule has 0 rings (SSSR count). The molecule has 0 unspecified atom stereocenters. The summed E-state index contributed by atoms with van der Waals surface area (Å²) in [4.78, 5) is 0. The van der Waals surface area contributed by atoms with E-state index in [9.17, 15) is 52.5 Å². The second-order valence-corrected chi connectivity index (χ2v) is 7.48. The molecule has 0 aromatic carbocycles. The molecule has 0 aromatic heterocycles. The summed E-state index contributed by atoms with van der Waals surface area (Å²) >= 11 is 0. The molecule has 0 heterocycles. The van der Waals surface area contributed by atoms with Crippen LogP contribution in [-0.2, 0) is 10.1 Å². The molecule has 0 aliphatic heterocycles. The van der Waals surface area contributed by atoms with Crippen molar-refractivity contribution < 1.29 is 57.8 Å². The van der Waals surface area contributed by atoms with Crippen molar-refractivity contribution in [3.05, 3.63) is 0 Å². The van der Waals surface area contributed by atoms with E-state index in [1.165, 1.54) is 0 Å². The molecule has 2 N–H and O–H groups in total. The van der Waals surface area contributed by atoms with E-state index < -0.39 is 52.7 Å². The third-order valence-corrected chi connectivity index (χ3v) is 4.22. The van der Waals surface area contributed by atoms with Crippen molar-refractivity contribution in [1.29, 1.82) is 0 Å². The highest BCUT2D eigenvalue weighted by Crippen LogP contribution is 2.50. The molecule has 4 nitrogen and oxygen atoms in total. The van der Waals surface area contributed by atoms with E-state index in [2.05, 4.69) is 0 Å².